The highest BCUT2D eigenvalue weighted by Crippen LogP contribution is 2.27. The fourth-order valence-corrected chi connectivity index (χ4v) is 1.88. The van der Waals surface area contributed by atoms with Gasteiger partial charge in [0.15, 0.2) is 0 Å². The Morgan fingerprint density at radius 3 is 2.43 bits per heavy atom. The molecule has 3 nitrogen and oxygen atoms in total. The van der Waals surface area contributed by atoms with Gasteiger partial charge in [-0.25, -0.2) is 4.98 Å². The molecule has 0 bridgehead atoms. The lowest BCUT2D eigenvalue weighted by Crippen LogP contribution is -2.16. The van der Waals surface area contributed by atoms with E-state index in [2.05, 4.69) is 9.72 Å². The summed E-state index contributed by atoms with van der Waals surface area (Å²) in [6, 6.07) is 9.02. The Morgan fingerprint density at radius 1 is 1.19 bits per heavy atom. The number of benzene rings is 1. The second kappa shape index (κ2) is 6.02. The van der Waals surface area contributed by atoms with E-state index in [0.29, 0.717) is 16.7 Å². The van der Waals surface area contributed by atoms with Crippen molar-refractivity contribution in [1.82, 2.24) is 4.98 Å². The molecule has 0 unspecified atom stereocenters. The topological polar surface area (TPSA) is 45.9 Å². The zero-order valence-electron chi connectivity index (χ0n) is 10.5. The zero-order chi connectivity index (χ0) is 15.5. The smallest absolute Gasteiger partial charge is 0.406 e. The predicted molar refractivity (Wildman–Crippen MR) is 70.7 cm³/mol. The number of aromatic nitrogens is 1. The Hall–Kier alpha value is -2.26. The van der Waals surface area contributed by atoms with E-state index in [4.69, 9.17) is 16.9 Å². The van der Waals surface area contributed by atoms with Gasteiger partial charge >= 0.3 is 6.36 Å². The summed E-state index contributed by atoms with van der Waals surface area (Å²) < 4.78 is 40.0. The fourth-order valence-electron chi connectivity index (χ4n) is 1.71. The van der Waals surface area contributed by atoms with Crippen molar-refractivity contribution < 1.29 is 17.9 Å². The van der Waals surface area contributed by atoms with Crippen molar-refractivity contribution in [2.75, 3.05) is 0 Å². The molecule has 0 radical (unpaired) electrons. The molecule has 0 aliphatic rings. The van der Waals surface area contributed by atoms with Crippen molar-refractivity contribution in [1.29, 1.82) is 5.26 Å². The lowest BCUT2D eigenvalue weighted by molar-refractivity contribution is -0.274. The highest BCUT2D eigenvalue weighted by atomic mass is 35.5. The SMILES string of the molecule is N#CCc1cc(-c2ccc(OC(F)(F)F)cc2)cnc1Cl. The van der Waals surface area contributed by atoms with Crippen molar-refractivity contribution in [3.63, 3.8) is 0 Å². The summed E-state index contributed by atoms with van der Waals surface area (Å²) >= 11 is 5.85. The van der Waals surface area contributed by atoms with E-state index in [-0.39, 0.29) is 17.3 Å². The van der Waals surface area contributed by atoms with E-state index >= 15 is 0 Å². The van der Waals surface area contributed by atoms with Gasteiger partial charge in [-0.2, -0.15) is 5.26 Å². The summed E-state index contributed by atoms with van der Waals surface area (Å²) in [5, 5.41) is 8.92. The molecule has 0 spiro atoms. The number of ether oxygens (including phenoxy) is 1. The van der Waals surface area contributed by atoms with Crippen LogP contribution in [-0.2, 0) is 6.42 Å². The molecule has 7 heteroatoms. The minimum atomic E-state index is -4.72. The molecule has 1 heterocycles. The Kier molecular flexibility index (Phi) is 4.34. The average Bonchev–Trinajstić information content (AvgIpc) is 2.41. The van der Waals surface area contributed by atoms with Crippen LogP contribution in [0.1, 0.15) is 5.56 Å². The van der Waals surface area contributed by atoms with Gasteiger partial charge < -0.3 is 4.74 Å². The molecule has 2 aromatic rings. The van der Waals surface area contributed by atoms with Crippen molar-refractivity contribution in [2.45, 2.75) is 12.8 Å². The van der Waals surface area contributed by atoms with E-state index in [9.17, 15) is 13.2 Å². The summed E-state index contributed by atoms with van der Waals surface area (Å²) in [5.41, 5.74) is 1.86. The van der Waals surface area contributed by atoms with Crippen LogP contribution in [-0.4, -0.2) is 11.3 Å². The maximum atomic E-state index is 12.1. The summed E-state index contributed by atoms with van der Waals surface area (Å²) in [6.45, 7) is 0. The van der Waals surface area contributed by atoms with Crippen molar-refractivity contribution in [3.8, 4) is 22.9 Å². The van der Waals surface area contributed by atoms with Crippen LogP contribution in [0.15, 0.2) is 36.5 Å². The number of alkyl halides is 3. The van der Waals surface area contributed by atoms with Crippen LogP contribution in [0.2, 0.25) is 5.15 Å². The average molecular weight is 313 g/mol. The third-order valence-corrected chi connectivity index (χ3v) is 2.94. The molecular weight excluding hydrogens is 305 g/mol. The zero-order valence-corrected chi connectivity index (χ0v) is 11.2. The number of hydrogen-bond donors (Lipinski definition) is 0. The summed E-state index contributed by atoms with van der Waals surface area (Å²) in [6.07, 6.45) is -3.12. The second-order valence-electron chi connectivity index (χ2n) is 4.08. The van der Waals surface area contributed by atoms with Gasteiger partial charge in [0.05, 0.1) is 12.5 Å². The first-order chi connectivity index (χ1) is 9.89. The summed E-state index contributed by atoms with van der Waals surface area (Å²) in [7, 11) is 0. The molecule has 2 rings (SSSR count). The van der Waals surface area contributed by atoms with Crippen molar-refractivity contribution in [3.05, 3.63) is 47.2 Å². The maximum Gasteiger partial charge on any atom is 0.573 e. The minimum absolute atomic E-state index is 0.106. The van der Waals surface area contributed by atoms with Gasteiger partial charge in [-0.05, 0) is 23.8 Å². The van der Waals surface area contributed by atoms with Gasteiger partial charge in [-0.1, -0.05) is 23.7 Å². The van der Waals surface area contributed by atoms with Crippen LogP contribution in [0.4, 0.5) is 13.2 Å². The fraction of sp³-hybridized carbons (Fsp3) is 0.143. The van der Waals surface area contributed by atoms with Gasteiger partial charge in [0.2, 0.25) is 0 Å². The Morgan fingerprint density at radius 2 is 1.86 bits per heavy atom. The van der Waals surface area contributed by atoms with Gasteiger partial charge in [0, 0.05) is 17.3 Å². The van der Waals surface area contributed by atoms with Crippen LogP contribution in [0.25, 0.3) is 11.1 Å². The Labute approximate surface area is 123 Å². The number of rotatable bonds is 3. The van der Waals surface area contributed by atoms with E-state index in [0.717, 1.165) is 0 Å². The standard InChI is InChI=1S/C14H8ClF3N2O/c15-13-10(5-6-19)7-11(8-20-13)9-1-3-12(4-2-9)21-14(16,17)18/h1-4,7-8H,5H2. The first kappa shape index (κ1) is 15.1. The number of nitriles is 1. The molecule has 0 N–H and O–H groups in total. The molecule has 0 saturated carbocycles. The molecule has 21 heavy (non-hydrogen) atoms. The number of hydrogen-bond acceptors (Lipinski definition) is 3. The largest absolute Gasteiger partial charge is 0.573 e. The Balaban J connectivity index is 2.27. The van der Waals surface area contributed by atoms with Gasteiger partial charge in [0.1, 0.15) is 10.9 Å². The monoisotopic (exact) mass is 312 g/mol. The second-order valence-corrected chi connectivity index (χ2v) is 4.44. The van der Waals surface area contributed by atoms with Crippen LogP contribution in [0.5, 0.6) is 5.75 Å². The molecule has 0 aliphatic heterocycles. The van der Waals surface area contributed by atoms with Crippen molar-refractivity contribution >= 4 is 11.6 Å². The van der Waals surface area contributed by atoms with Crippen molar-refractivity contribution in [2.24, 2.45) is 0 Å². The van der Waals surface area contributed by atoms with Crippen LogP contribution in [0.3, 0.4) is 0 Å². The first-order valence-corrected chi connectivity index (χ1v) is 6.14. The minimum Gasteiger partial charge on any atom is -0.406 e. The summed E-state index contributed by atoms with van der Waals surface area (Å²) in [5.74, 6) is -0.301. The number of nitrogens with zero attached hydrogens (tertiary/aromatic N) is 2. The van der Waals surface area contributed by atoms with E-state index < -0.39 is 6.36 Å². The number of pyridine rings is 1. The molecule has 0 aliphatic carbocycles. The Bertz CT molecular complexity index is 678. The third-order valence-electron chi connectivity index (χ3n) is 2.60. The quantitative estimate of drug-likeness (QED) is 0.791. The van der Waals surface area contributed by atoms with E-state index in [1.54, 1.807) is 6.07 Å². The van der Waals surface area contributed by atoms with Crippen LogP contribution < -0.4 is 4.74 Å². The van der Waals surface area contributed by atoms with Crippen LogP contribution in [0, 0.1) is 11.3 Å². The van der Waals surface area contributed by atoms with E-state index in [1.807, 2.05) is 6.07 Å². The highest BCUT2D eigenvalue weighted by Gasteiger charge is 2.30. The maximum absolute atomic E-state index is 12.1. The summed E-state index contributed by atoms with van der Waals surface area (Å²) in [4.78, 5) is 3.96. The lowest BCUT2D eigenvalue weighted by Gasteiger charge is -2.09. The third kappa shape index (κ3) is 4.10. The first-order valence-electron chi connectivity index (χ1n) is 5.76. The molecule has 0 amide bonds. The molecule has 0 fully saturated rings. The van der Waals surface area contributed by atoms with E-state index in [1.165, 1.54) is 30.5 Å². The molecule has 0 saturated heterocycles. The molecule has 1 aromatic heterocycles. The molecule has 0 atom stereocenters. The highest BCUT2D eigenvalue weighted by molar-refractivity contribution is 6.30. The van der Waals surface area contributed by atoms with Gasteiger partial charge in [-0.15, -0.1) is 13.2 Å². The molecule has 1 aromatic carbocycles. The predicted octanol–water partition coefficient (Wildman–Crippen LogP) is 4.37. The normalized spacial score (nSPS) is 11.0. The lowest BCUT2D eigenvalue weighted by atomic mass is 10.1. The van der Waals surface area contributed by atoms with Crippen LogP contribution >= 0.6 is 11.6 Å². The number of halogens is 4. The van der Waals surface area contributed by atoms with Gasteiger partial charge in [0.25, 0.3) is 0 Å². The molecule has 108 valence electrons. The van der Waals surface area contributed by atoms with Gasteiger partial charge in [-0.3, -0.25) is 0 Å². The molecular formula is C14H8ClF3N2O.